The van der Waals surface area contributed by atoms with E-state index in [0.717, 1.165) is 0 Å². The monoisotopic (exact) mass is 419 g/mol. The first kappa shape index (κ1) is 26.2. The standard InChI is InChI=1S/C16H36N.Ag.2ClH/c1-5-9-13-17(14-10-6-2,15-11-7-3)16-12-8-4;;;/h5-16H2,1-4H3;;2*1H/q2*+1;;/p-2. The van der Waals surface area contributed by atoms with Crippen molar-refractivity contribution in [2.24, 2.45) is 0 Å². The van der Waals surface area contributed by atoms with Crippen molar-refractivity contribution in [3.05, 3.63) is 0 Å². The van der Waals surface area contributed by atoms with Crippen LogP contribution in [0.15, 0.2) is 0 Å². The number of halogens is 2. The zero-order valence-corrected chi connectivity index (χ0v) is 17.0. The van der Waals surface area contributed by atoms with E-state index in [2.05, 4.69) is 56.9 Å². The summed E-state index contributed by atoms with van der Waals surface area (Å²) in [5.41, 5.74) is 0. The number of rotatable bonds is 12. The average Bonchev–Trinajstić information content (AvgIpc) is 2.48. The van der Waals surface area contributed by atoms with Crippen LogP contribution in [0.25, 0.3) is 0 Å². The molecular formula is C16H36AgCl2N. The van der Waals surface area contributed by atoms with Crippen molar-refractivity contribution in [1.29, 1.82) is 0 Å². The Bertz CT molecular complexity index is 131. The van der Waals surface area contributed by atoms with Crippen molar-refractivity contribution in [3.63, 3.8) is 0 Å². The molecule has 0 aliphatic carbocycles. The maximum absolute atomic E-state index is 4.45. The number of quaternary nitrogens is 1. The fraction of sp³-hybridized carbons (Fsp3) is 1.00. The molecule has 0 radical (unpaired) electrons. The van der Waals surface area contributed by atoms with Gasteiger partial charge in [-0.3, -0.25) is 0 Å². The molecule has 0 atom stereocenters. The van der Waals surface area contributed by atoms with E-state index in [1.54, 1.807) is 0 Å². The van der Waals surface area contributed by atoms with Gasteiger partial charge in [0.2, 0.25) is 0 Å². The molecule has 0 bridgehead atoms. The molecule has 0 amide bonds. The Hall–Kier alpha value is 1.28. The Balaban J connectivity index is -0.000000916. The summed E-state index contributed by atoms with van der Waals surface area (Å²) in [6, 6.07) is 0. The number of hydrogen-bond acceptors (Lipinski definition) is 0. The Kier molecular flexibility index (Phi) is 26.6. The van der Waals surface area contributed by atoms with Crippen LogP contribution in [-0.2, 0) is 20.0 Å². The first-order valence-corrected chi connectivity index (χ1v) is 10.1. The zero-order valence-electron chi connectivity index (χ0n) is 14.0. The summed E-state index contributed by atoms with van der Waals surface area (Å²) in [4.78, 5) is 0. The summed E-state index contributed by atoms with van der Waals surface area (Å²) in [5.74, 6) is 0. The van der Waals surface area contributed by atoms with Crippen molar-refractivity contribution in [3.8, 4) is 0 Å². The summed E-state index contributed by atoms with van der Waals surface area (Å²) >= 11 is 2.42. The second-order valence-electron chi connectivity index (χ2n) is 5.65. The van der Waals surface area contributed by atoms with Gasteiger partial charge in [-0.05, 0) is 25.7 Å². The van der Waals surface area contributed by atoms with E-state index in [0.29, 0.717) is 0 Å². The molecule has 0 rings (SSSR count). The Morgan fingerprint density at radius 1 is 0.600 bits per heavy atom. The van der Waals surface area contributed by atoms with Gasteiger partial charge in [0.1, 0.15) is 0 Å². The number of unbranched alkanes of at least 4 members (excludes halogenated alkanes) is 4. The van der Waals surface area contributed by atoms with Crippen LogP contribution in [0.5, 0.6) is 0 Å². The van der Waals surface area contributed by atoms with Crippen LogP contribution in [0.1, 0.15) is 79.1 Å². The van der Waals surface area contributed by atoms with Gasteiger partial charge in [0.15, 0.2) is 0 Å². The first-order valence-electron chi connectivity index (χ1n) is 8.21. The zero-order chi connectivity index (χ0) is 15.0. The number of hydrogen-bond donors (Lipinski definition) is 0. The molecule has 0 N–H and O–H groups in total. The third-order valence-corrected chi connectivity index (χ3v) is 3.94. The van der Waals surface area contributed by atoms with Crippen molar-refractivity contribution < 1.29 is 36.9 Å². The quantitative estimate of drug-likeness (QED) is 0.336. The minimum absolute atomic E-state index is 0. The van der Waals surface area contributed by atoms with E-state index in [9.17, 15) is 0 Å². The van der Waals surface area contributed by atoms with Gasteiger partial charge in [-0.1, -0.05) is 53.4 Å². The second kappa shape index (κ2) is 20.3. The maximum atomic E-state index is 4.45. The van der Waals surface area contributed by atoms with E-state index in [1.165, 1.54) is 82.0 Å². The summed E-state index contributed by atoms with van der Waals surface area (Å²) in [7, 11) is 4.45. The molecule has 0 unspecified atom stereocenters. The van der Waals surface area contributed by atoms with Gasteiger partial charge in [0.05, 0.1) is 26.2 Å². The molecule has 0 aliphatic rings. The van der Waals surface area contributed by atoms with Gasteiger partial charge in [0, 0.05) is 0 Å². The van der Waals surface area contributed by atoms with E-state index in [4.69, 9.17) is 0 Å². The average molecular weight is 421 g/mol. The molecule has 130 valence electrons. The van der Waals surface area contributed by atoms with E-state index < -0.39 is 0 Å². The third-order valence-electron chi connectivity index (χ3n) is 3.94. The summed E-state index contributed by atoms with van der Waals surface area (Å²) in [5, 5.41) is 0. The van der Waals surface area contributed by atoms with Crippen LogP contribution in [0.2, 0.25) is 0 Å². The van der Waals surface area contributed by atoms with Gasteiger partial charge in [-0.2, -0.15) is 0 Å². The second-order valence-corrected chi connectivity index (χ2v) is 5.65. The number of nitrogens with zero attached hydrogens (tertiary/aromatic N) is 1. The van der Waals surface area contributed by atoms with Gasteiger partial charge in [-0.25, -0.2) is 0 Å². The van der Waals surface area contributed by atoms with Crippen molar-refractivity contribution in [2.45, 2.75) is 79.1 Å². The van der Waals surface area contributed by atoms with Gasteiger partial charge < -0.3 is 16.9 Å². The Morgan fingerprint density at radius 3 is 0.950 bits per heavy atom. The van der Waals surface area contributed by atoms with Crippen LogP contribution in [0.4, 0.5) is 0 Å². The van der Waals surface area contributed by atoms with Gasteiger partial charge in [0.25, 0.3) is 0 Å². The molecular weight excluding hydrogens is 385 g/mol. The predicted octanol–water partition coefficient (Wildman–Crippen LogP) is 2.69. The van der Waals surface area contributed by atoms with Crippen LogP contribution in [0.3, 0.4) is 0 Å². The molecule has 0 spiro atoms. The van der Waals surface area contributed by atoms with Gasteiger partial charge in [-0.15, -0.1) is 0 Å². The first-order chi connectivity index (χ1) is 9.24. The Labute approximate surface area is 151 Å². The fourth-order valence-electron chi connectivity index (χ4n) is 2.64. The topological polar surface area (TPSA) is 0 Å². The molecule has 0 aliphatic heterocycles. The molecule has 0 aromatic carbocycles. The Morgan fingerprint density at radius 2 is 0.800 bits per heavy atom. The van der Waals surface area contributed by atoms with Crippen LogP contribution >= 0.6 is 9.19 Å². The predicted molar refractivity (Wildman–Crippen MR) is 85.2 cm³/mol. The molecule has 0 aromatic rings. The molecule has 0 aromatic heterocycles. The van der Waals surface area contributed by atoms with E-state index in [1.807, 2.05) is 0 Å². The third kappa shape index (κ3) is 14.2. The molecule has 0 heterocycles. The van der Waals surface area contributed by atoms with Crippen LogP contribution in [0, 0.1) is 0 Å². The fourth-order valence-corrected chi connectivity index (χ4v) is 2.64. The normalized spacial score (nSPS) is 10.6. The van der Waals surface area contributed by atoms with Crippen molar-refractivity contribution >= 4 is 9.19 Å². The summed E-state index contributed by atoms with van der Waals surface area (Å²) < 4.78 is 1.42. The SMILES string of the molecule is CCCC[N+](CCCC)(CCCC)CCCC.[Cl-].[Cl][Ag]. The minimum atomic E-state index is 0. The van der Waals surface area contributed by atoms with Crippen LogP contribution in [-0.4, -0.2) is 30.7 Å². The molecule has 4 heteroatoms. The molecule has 0 saturated heterocycles. The van der Waals surface area contributed by atoms with Crippen LogP contribution < -0.4 is 12.4 Å². The van der Waals surface area contributed by atoms with E-state index >= 15 is 0 Å². The van der Waals surface area contributed by atoms with Crippen molar-refractivity contribution in [2.75, 3.05) is 26.2 Å². The molecule has 20 heavy (non-hydrogen) atoms. The van der Waals surface area contributed by atoms with Gasteiger partial charge >= 0.3 is 29.2 Å². The molecule has 1 nitrogen and oxygen atoms in total. The molecule has 0 saturated carbocycles. The van der Waals surface area contributed by atoms with Crippen molar-refractivity contribution in [1.82, 2.24) is 0 Å². The summed E-state index contributed by atoms with van der Waals surface area (Å²) in [6.45, 7) is 15.0. The summed E-state index contributed by atoms with van der Waals surface area (Å²) in [6.07, 6.45) is 11.1. The van der Waals surface area contributed by atoms with E-state index in [-0.39, 0.29) is 12.4 Å². The molecule has 0 fully saturated rings.